The Bertz CT molecular complexity index is 939. The summed E-state index contributed by atoms with van der Waals surface area (Å²) in [5.74, 6) is 1.16. The lowest BCUT2D eigenvalue weighted by Gasteiger charge is -2.10. The normalized spacial score (nSPS) is 10.8. The molecule has 0 fully saturated rings. The molecule has 3 heterocycles. The molecule has 0 aliphatic heterocycles. The van der Waals surface area contributed by atoms with Crippen molar-refractivity contribution in [3.05, 3.63) is 72.8 Å². The number of rotatable bonds is 5. The molecule has 0 spiro atoms. The van der Waals surface area contributed by atoms with Crippen LogP contribution in [0.1, 0.15) is 5.56 Å². The topological polar surface area (TPSA) is 77.2 Å². The summed E-state index contributed by atoms with van der Waals surface area (Å²) in [7, 11) is 0. The van der Waals surface area contributed by atoms with E-state index in [-0.39, 0.29) is 0 Å². The molecular weight excluding hydrogens is 304 g/mol. The maximum absolute atomic E-state index is 5.57. The molecule has 7 heteroatoms. The zero-order valence-electron chi connectivity index (χ0n) is 12.7. The number of hydrogen-bond donors (Lipinski definition) is 1. The van der Waals surface area contributed by atoms with E-state index in [4.69, 9.17) is 4.84 Å². The molecule has 0 aliphatic rings. The Kier molecular flexibility index (Phi) is 3.83. The minimum Gasteiger partial charge on any atom is -0.270 e. The molecule has 0 unspecified atom stereocenters. The minimum absolute atomic E-state index is 0.382. The fraction of sp³-hybridized carbons (Fsp3) is 0.0588. The fourth-order valence-corrected chi connectivity index (χ4v) is 2.32. The summed E-state index contributed by atoms with van der Waals surface area (Å²) < 4.78 is 1.59. The Labute approximate surface area is 137 Å². The monoisotopic (exact) mass is 318 g/mol. The molecule has 0 aliphatic carbocycles. The predicted octanol–water partition coefficient (Wildman–Crippen LogP) is 2.73. The van der Waals surface area contributed by atoms with Gasteiger partial charge in [-0.15, -0.1) is 0 Å². The minimum atomic E-state index is 0.382. The van der Waals surface area contributed by atoms with Gasteiger partial charge >= 0.3 is 0 Å². The van der Waals surface area contributed by atoms with Crippen molar-refractivity contribution in [2.24, 2.45) is 0 Å². The lowest BCUT2D eigenvalue weighted by atomic mass is 10.1. The Morgan fingerprint density at radius 1 is 1.08 bits per heavy atom. The average Bonchev–Trinajstić information content (AvgIpc) is 3.12. The summed E-state index contributed by atoms with van der Waals surface area (Å²) in [5.41, 5.74) is 5.69. The first kappa shape index (κ1) is 14.3. The summed E-state index contributed by atoms with van der Waals surface area (Å²) in [5, 5.41) is 4.17. The molecular formula is C17H14N6O. The second-order valence-corrected chi connectivity index (χ2v) is 5.12. The van der Waals surface area contributed by atoms with Gasteiger partial charge in [0.05, 0.1) is 5.69 Å². The molecule has 0 amide bonds. The van der Waals surface area contributed by atoms with E-state index in [1.54, 1.807) is 16.9 Å². The Morgan fingerprint density at radius 3 is 2.83 bits per heavy atom. The maximum Gasteiger partial charge on any atom is 0.254 e. The van der Waals surface area contributed by atoms with E-state index in [0.29, 0.717) is 18.2 Å². The Balaban J connectivity index is 1.60. The Morgan fingerprint density at radius 2 is 2.00 bits per heavy atom. The van der Waals surface area contributed by atoms with Crippen LogP contribution in [0, 0.1) is 0 Å². The van der Waals surface area contributed by atoms with Gasteiger partial charge in [-0.05, 0) is 11.6 Å². The molecule has 24 heavy (non-hydrogen) atoms. The summed E-state index contributed by atoms with van der Waals surface area (Å²) in [6, 6.07) is 15.6. The van der Waals surface area contributed by atoms with Crippen molar-refractivity contribution in [1.29, 1.82) is 0 Å². The van der Waals surface area contributed by atoms with Gasteiger partial charge in [-0.25, -0.2) is 10.5 Å². The number of fused-ring (bicyclic) bond motifs is 1. The van der Waals surface area contributed by atoms with Gasteiger partial charge in [-0.1, -0.05) is 36.4 Å². The smallest absolute Gasteiger partial charge is 0.254 e. The molecule has 0 atom stereocenters. The summed E-state index contributed by atoms with van der Waals surface area (Å²) in [4.78, 5) is 18.3. The molecule has 1 N–H and O–H groups in total. The van der Waals surface area contributed by atoms with Crippen LogP contribution in [-0.2, 0) is 11.4 Å². The molecule has 0 bridgehead atoms. The standard InChI is InChI=1S/C17H14N6O/c1-2-6-14(7-3-1)15-9-16(23-17(21-15)19-12-20-23)22-24-11-13-5-4-8-18-10-13/h1-10,12,22H,11H2. The van der Waals surface area contributed by atoms with E-state index in [9.17, 15) is 0 Å². The van der Waals surface area contributed by atoms with Crippen molar-refractivity contribution in [1.82, 2.24) is 24.6 Å². The highest BCUT2D eigenvalue weighted by atomic mass is 16.6. The molecule has 0 saturated carbocycles. The molecule has 0 saturated heterocycles. The predicted molar refractivity (Wildman–Crippen MR) is 88.9 cm³/mol. The molecule has 1 aromatic carbocycles. The van der Waals surface area contributed by atoms with E-state index in [2.05, 4.69) is 25.5 Å². The second kappa shape index (κ2) is 6.43. The van der Waals surface area contributed by atoms with E-state index in [1.165, 1.54) is 6.33 Å². The number of pyridine rings is 1. The highest BCUT2D eigenvalue weighted by molar-refractivity contribution is 5.64. The van der Waals surface area contributed by atoms with Crippen molar-refractivity contribution >= 4 is 11.6 Å². The van der Waals surface area contributed by atoms with Gasteiger partial charge in [-0.3, -0.25) is 9.82 Å². The van der Waals surface area contributed by atoms with Crippen LogP contribution in [-0.4, -0.2) is 24.6 Å². The van der Waals surface area contributed by atoms with E-state index >= 15 is 0 Å². The van der Waals surface area contributed by atoms with E-state index in [0.717, 1.165) is 16.8 Å². The highest BCUT2D eigenvalue weighted by Gasteiger charge is 2.09. The van der Waals surface area contributed by atoms with Gasteiger partial charge in [0.25, 0.3) is 5.78 Å². The van der Waals surface area contributed by atoms with Crippen molar-refractivity contribution in [3.63, 3.8) is 0 Å². The number of anilines is 1. The van der Waals surface area contributed by atoms with Crippen molar-refractivity contribution in [2.45, 2.75) is 6.61 Å². The Hall–Kier alpha value is -3.32. The van der Waals surface area contributed by atoms with Gasteiger partial charge in [0.15, 0.2) is 5.82 Å². The molecule has 4 rings (SSSR count). The zero-order chi connectivity index (χ0) is 16.2. The second-order valence-electron chi connectivity index (χ2n) is 5.12. The molecule has 3 aromatic heterocycles. The largest absolute Gasteiger partial charge is 0.270 e. The van der Waals surface area contributed by atoms with E-state index in [1.807, 2.05) is 48.5 Å². The first-order valence-corrected chi connectivity index (χ1v) is 7.43. The number of nitrogens with zero attached hydrogens (tertiary/aromatic N) is 5. The number of nitrogens with one attached hydrogen (secondary N) is 1. The van der Waals surface area contributed by atoms with Crippen LogP contribution in [0.2, 0.25) is 0 Å². The van der Waals surface area contributed by atoms with Gasteiger partial charge in [0.1, 0.15) is 12.9 Å². The lowest BCUT2D eigenvalue weighted by Crippen LogP contribution is -2.08. The van der Waals surface area contributed by atoms with Crippen LogP contribution in [0.15, 0.2) is 67.3 Å². The van der Waals surface area contributed by atoms with Gasteiger partial charge in [0.2, 0.25) is 0 Å². The molecule has 118 valence electrons. The summed E-state index contributed by atoms with van der Waals surface area (Å²) in [6.07, 6.45) is 4.95. The van der Waals surface area contributed by atoms with Crippen LogP contribution >= 0.6 is 0 Å². The average molecular weight is 318 g/mol. The zero-order valence-corrected chi connectivity index (χ0v) is 12.7. The molecule has 0 radical (unpaired) electrons. The van der Waals surface area contributed by atoms with Gasteiger partial charge in [-0.2, -0.15) is 14.6 Å². The van der Waals surface area contributed by atoms with Crippen LogP contribution in [0.5, 0.6) is 0 Å². The van der Waals surface area contributed by atoms with Crippen molar-refractivity contribution < 1.29 is 4.84 Å². The third-order valence-corrected chi connectivity index (χ3v) is 3.46. The third-order valence-electron chi connectivity index (χ3n) is 3.46. The van der Waals surface area contributed by atoms with Crippen LogP contribution < -0.4 is 5.48 Å². The maximum atomic E-state index is 5.57. The summed E-state index contributed by atoms with van der Waals surface area (Å²) >= 11 is 0. The van der Waals surface area contributed by atoms with Gasteiger partial charge < -0.3 is 0 Å². The number of benzene rings is 1. The van der Waals surface area contributed by atoms with Gasteiger partial charge in [0, 0.05) is 24.0 Å². The summed E-state index contributed by atoms with van der Waals surface area (Å²) in [6.45, 7) is 0.382. The first-order chi connectivity index (χ1) is 11.9. The first-order valence-electron chi connectivity index (χ1n) is 7.43. The van der Waals surface area contributed by atoms with Crippen LogP contribution in [0.25, 0.3) is 17.0 Å². The number of aromatic nitrogens is 5. The quantitative estimate of drug-likeness (QED) is 0.570. The van der Waals surface area contributed by atoms with Crippen LogP contribution in [0.4, 0.5) is 5.82 Å². The molecule has 4 aromatic rings. The third kappa shape index (κ3) is 2.92. The highest BCUT2D eigenvalue weighted by Crippen LogP contribution is 2.21. The van der Waals surface area contributed by atoms with E-state index < -0.39 is 0 Å². The SMILES string of the molecule is c1ccc(-c2cc(NOCc3cccnc3)n3ncnc3n2)cc1. The fourth-order valence-electron chi connectivity index (χ4n) is 2.32. The lowest BCUT2D eigenvalue weighted by molar-refractivity contribution is 0.178. The van der Waals surface area contributed by atoms with Crippen molar-refractivity contribution in [2.75, 3.05) is 5.48 Å². The number of hydrogen-bond acceptors (Lipinski definition) is 6. The molecule has 7 nitrogen and oxygen atoms in total. The van der Waals surface area contributed by atoms with Crippen LogP contribution in [0.3, 0.4) is 0 Å². The van der Waals surface area contributed by atoms with Crippen molar-refractivity contribution in [3.8, 4) is 11.3 Å².